The molecule has 0 aliphatic heterocycles. The molecule has 4 aromatic heterocycles. The van der Waals surface area contributed by atoms with E-state index in [9.17, 15) is 9.59 Å². The number of hydrogen-bond acceptors (Lipinski definition) is 12. The zero-order valence-electron chi connectivity index (χ0n) is 21.9. The molecule has 1 N–H and O–H groups in total. The molecule has 0 aromatic carbocycles. The molecule has 0 spiro atoms. The lowest BCUT2D eigenvalue weighted by Gasteiger charge is -2.04. The van der Waals surface area contributed by atoms with E-state index in [2.05, 4.69) is 30.2 Å². The molecular formula is C27H37Cl3N6O6. The van der Waals surface area contributed by atoms with Gasteiger partial charge in [0.15, 0.2) is 0 Å². The van der Waals surface area contributed by atoms with E-state index < -0.39 is 11.3 Å². The molecule has 0 aliphatic carbocycles. The van der Waals surface area contributed by atoms with Crippen LogP contribution in [0.4, 0.5) is 0 Å². The number of aromatic nitrogens is 4. The summed E-state index contributed by atoms with van der Waals surface area (Å²) in [4.78, 5) is 43.1. The molecule has 0 radical (unpaired) electrons. The summed E-state index contributed by atoms with van der Waals surface area (Å²) >= 11 is 17.6. The standard InChI is InChI=1S/C12H12ClN3O3.C9H6Cl2N2O2.C3H7NO.3CH4/c1-4-7-5-8(17)18-11-9(7)10(13)14-12(15-11)19-16-6(2)3;1-2-4-3-5(14)15-8-6(4)7(10)12-9(11)13-8;1-3(2)4-5;;;/h5H,4H2,1-3H3;3H,2H2,1H3;5H,1-2H3;3*1H4. The Morgan fingerprint density at radius 2 is 1.21 bits per heavy atom. The minimum absolute atomic E-state index is 0. The lowest BCUT2D eigenvalue weighted by atomic mass is 10.1. The molecule has 0 bridgehead atoms. The van der Waals surface area contributed by atoms with Crippen molar-refractivity contribution in [1.82, 2.24) is 19.9 Å². The van der Waals surface area contributed by atoms with Gasteiger partial charge in [-0.1, -0.05) is 69.6 Å². The average Bonchev–Trinajstić information content (AvgIpc) is 2.86. The van der Waals surface area contributed by atoms with E-state index >= 15 is 0 Å². The van der Waals surface area contributed by atoms with Crippen LogP contribution in [0, 0.1) is 0 Å². The minimum atomic E-state index is -0.486. The molecule has 0 unspecified atom stereocenters. The summed E-state index contributed by atoms with van der Waals surface area (Å²) in [5.74, 6) is 0. The summed E-state index contributed by atoms with van der Waals surface area (Å²) in [5, 5.41) is 15.7. The van der Waals surface area contributed by atoms with Gasteiger partial charge in [0.05, 0.1) is 22.2 Å². The number of oxime groups is 2. The molecule has 0 atom stereocenters. The van der Waals surface area contributed by atoms with Crippen LogP contribution >= 0.6 is 34.8 Å². The quantitative estimate of drug-likeness (QED) is 0.0759. The Balaban J connectivity index is 0. The molecule has 0 fully saturated rings. The molecule has 0 saturated heterocycles. The molecule has 4 heterocycles. The highest BCUT2D eigenvalue weighted by molar-refractivity contribution is 6.35. The van der Waals surface area contributed by atoms with E-state index in [1.807, 2.05) is 13.8 Å². The van der Waals surface area contributed by atoms with E-state index in [0.29, 0.717) is 35.0 Å². The number of rotatable bonds is 4. The van der Waals surface area contributed by atoms with Gasteiger partial charge in [0.1, 0.15) is 10.3 Å². The SMILES string of the molecule is C.C.C.CC(C)=NO.CCc1cc(=O)oc2nc(Cl)nc(Cl)c12.CCc1cc(=O)oc2nc(ON=C(C)C)nc(Cl)c12. The van der Waals surface area contributed by atoms with E-state index in [4.69, 9.17) is 53.7 Å². The number of nitrogens with zero attached hydrogens (tertiary/aromatic N) is 6. The summed E-state index contributed by atoms with van der Waals surface area (Å²) in [5.41, 5.74) is 2.15. The normalized spacial score (nSPS) is 9.45. The molecule has 0 aliphatic rings. The van der Waals surface area contributed by atoms with E-state index in [-0.39, 0.29) is 55.3 Å². The summed E-state index contributed by atoms with van der Waals surface area (Å²) in [6.07, 6.45) is 1.27. The topological polar surface area (TPSA) is 166 Å². The Kier molecular flexibility index (Phi) is 18.1. The molecule has 12 nitrogen and oxygen atoms in total. The van der Waals surface area contributed by atoms with Crippen LogP contribution in [0.5, 0.6) is 6.01 Å². The van der Waals surface area contributed by atoms with Crippen LogP contribution in [0.15, 0.2) is 40.9 Å². The van der Waals surface area contributed by atoms with Crippen molar-refractivity contribution in [2.75, 3.05) is 0 Å². The van der Waals surface area contributed by atoms with Gasteiger partial charge in [-0.25, -0.2) is 14.6 Å². The first-order valence-corrected chi connectivity index (χ1v) is 12.5. The fraction of sp³-hybridized carbons (Fsp3) is 0.407. The molecule has 0 amide bonds. The van der Waals surface area contributed by atoms with Crippen LogP contribution < -0.4 is 16.1 Å². The van der Waals surface area contributed by atoms with E-state index in [0.717, 1.165) is 11.1 Å². The third-order valence-corrected chi connectivity index (χ3v) is 5.22. The molecule has 232 valence electrons. The van der Waals surface area contributed by atoms with Crippen LogP contribution in [0.2, 0.25) is 15.6 Å². The first-order valence-electron chi connectivity index (χ1n) is 11.4. The Labute approximate surface area is 259 Å². The predicted octanol–water partition coefficient (Wildman–Crippen LogP) is 7.79. The van der Waals surface area contributed by atoms with Gasteiger partial charge in [-0.05, 0) is 63.3 Å². The van der Waals surface area contributed by atoms with Gasteiger partial charge < -0.3 is 18.9 Å². The largest absolute Gasteiger partial charge is 0.411 e. The van der Waals surface area contributed by atoms with Crippen molar-refractivity contribution in [3.05, 3.63) is 59.7 Å². The predicted molar refractivity (Wildman–Crippen MR) is 170 cm³/mol. The molecule has 0 saturated carbocycles. The van der Waals surface area contributed by atoms with Gasteiger partial charge in [-0.2, -0.15) is 15.0 Å². The van der Waals surface area contributed by atoms with Crippen LogP contribution in [0.1, 0.15) is 74.9 Å². The van der Waals surface area contributed by atoms with E-state index in [1.54, 1.807) is 27.7 Å². The Morgan fingerprint density at radius 1 is 0.786 bits per heavy atom. The van der Waals surface area contributed by atoms with E-state index in [1.165, 1.54) is 12.1 Å². The van der Waals surface area contributed by atoms with Crippen molar-refractivity contribution >= 4 is 68.4 Å². The Morgan fingerprint density at radius 3 is 1.62 bits per heavy atom. The fourth-order valence-electron chi connectivity index (χ4n) is 2.88. The van der Waals surface area contributed by atoms with Crippen LogP contribution in [-0.4, -0.2) is 36.6 Å². The van der Waals surface area contributed by atoms with Gasteiger partial charge in [-0.3, -0.25) is 0 Å². The maximum atomic E-state index is 11.4. The van der Waals surface area contributed by atoms with Crippen molar-refractivity contribution < 1.29 is 18.9 Å². The number of fused-ring (bicyclic) bond motifs is 2. The molecule has 42 heavy (non-hydrogen) atoms. The van der Waals surface area contributed by atoms with Crippen LogP contribution in [0.25, 0.3) is 22.2 Å². The maximum absolute atomic E-state index is 11.4. The van der Waals surface area contributed by atoms with Gasteiger partial charge in [0, 0.05) is 12.1 Å². The molecule has 4 aromatic rings. The van der Waals surface area contributed by atoms with Crippen LogP contribution in [-0.2, 0) is 12.8 Å². The highest BCUT2D eigenvalue weighted by atomic mass is 35.5. The lowest BCUT2D eigenvalue weighted by Crippen LogP contribution is -2.03. The van der Waals surface area contributed by atoms with Crippen molar-refractivity contribution in [3.63, 3.8) is 0 Å². The third-order valence-electron chi connectivity index (χ3n) is 4.51. The summed E-state index contributed by atoms with van der Waals surface area (Å²) in [6, 6.07) is 2.70. The second-order valence-electron chi connectivity index (χ2n) is 8.01. The first kappa shape index (κ1) is 40.5. The smallest absolute Gasteiger partial charge is 0.350 e. The van der Waals surface area contributed by atoms with Gasteiger partial charge in [0.25, 0.3) is 0 Å². The second-order valence-corrected chi connectivity index (χ2v) is 9.06. The summed E-state index contributed by atoms with van der Waals surface area (Å²) in [7, 11) is 0. The van der Waals surface area contributed by atoms with Gasteiger partial charge in [0.2, 0.25) is 16.7 Å². The average molecular weight is 648 g/mol. The van der Waals surface area contributed by atoms with Crippen molar-refractivity contribution in [3.8, 4) is 6.01 Å². The Bertz CT molecular complexity index is 1650. The number of hydrogen-bond donors (Lipinski definition) is 1. The van der Waals surface area contributed by atoms with Gasteiger partial charge >= 0.3 is 17.3 Å². The summed E-state index contributed by atoms with van der Waals surface area (Å²) in [6.45, 7) is 10.8. The van der Waals surface area contributed by atoms with Crippen molar-refractivity contribution in [1.29, 1.82) is 0 Å². The van der Waals surface area contributed by atoms with Crippen molar-refractivity contribution in [2.24, 2.45) is 10.3 Å². The number of halogens is 3. The monoisotopic (exact) mass is 646 g/mol. The maximum Gasteiger partial charge on any atom is 0.350 e. The molecule has 15 heteroatoms. The number of aryl methyl sites for hydroxylation is 2. The molecular weight excluding hydrogens is 611 g/mol. The highest BCUT2D eigenvalue weighted by Crippen LogP contribution is 2.26. The lowest BCUT2D eigenvalue weighted by molar-refractivity contribution is 0.311. The minimum Gasteiger partial charge on any atom is -0.411 e. The second kappa shape index (κ2) is 18.7. The fourth-order valence-corrected chi connectivity index (χ4v) is 3.64. The highest BCUT2D eigenvalue weighted by Gasteiger charge is 2.14. The van der Waals surface area contributed by atoms with Crippen LogP contribution in [0.3, 0.4) is 0 Å². The summed E-state index contributed by atoms with van der Waals surface area (Å²) < 4.78 is 9.90. The van der Waals surface area contributed by atoms with Gasteiger partial charge in [-0.15, -0.1) is 0 Å². The molecule has 4 rings (SSSR count). The zero-order chi connectivity index (χ0) is 29.3. The van der Waals surface area contributed by atoms with Crippen molar-refractivity contribution in [2.45, 2.75) is 76.7 Å². The first-order chi connectivity index (χ1) is 18.4. The zero-order valence-corrected chi connectivity index (χ0v) is 24.1. The Hall–Kier alpha value is -3.61. The third kappa shape index (κ3) is 11.3.